The first-order chi connectivity index (χ1) is 13.6. The molecule has 0 aliphatic rings. The predicted molar refractivity (Wildman–Crippen MR) is 110 cm³/mol. The third-order valence-corrected chi connectivity index (χ3v) is 4.95. The number of halogens is 1. The number of amides is 1. The van der Waals surface area contributed by atoms with Gasteiger partial charge in [-0.25, -0.2) is 9.37 Å². The number of hydrogen-bond donors (Lipinski definition) is 2. The average Bonchev–Trinajstić information content (AvgIpc) is 3.15. The molecule has 0 saturated carbocycles. The number of aromatic nitrogens is 3. The first-order valence-electron chi connectivity index (χ1n) is 8.94. The molecular formula is C21H21FN4OS. The summed E-state index contributed by atoms with van der Waals surface area (Å²) in [5, 5.41) is 10.1. The summed E-state index contributed by atoms with van der Waals surface area (Å²) in [6.45, 7) is 2.42. The molecule has 0 aliphatic heterocycles. The van der Waals surface area contributed by atoms with Gasteiger partial charge in [-0.05, 0) is 42.7 Å². The van der Waals surface area contributed by atoms with E-state index in [1.165, 1.54) is 29.5 Å². The molecular weight excluding hydrogens is 375 g/mol. The molecule has 0 saturated heterocycles. The number of hydrogen-bond acceptors (Lipinski definition) is 4. The minimum absolute atomic E-state index is 0.0471. The van der Waals surface area contributed by atoms with Gasteiger partial charge in [0.2, 0.25) is 11.1 Å². The van der Waals surface area contributed by atoms with E-state index < -0.39 is 0 Å². The number of rotatable bonds is 8. The average molecular weight is 396 g/mol. The number of aromatic amines is 1. The summed E-state index contributed by atoms with van der Waals surface area (Å²) in [5.41, 5.74) is 2.05. The number of carbonyl (C=O) groups excluding carboxylic acids is 1. The van der Waals surface area contributed by atoms with Crippen LogP contribution in [0.4, 0.5) is 4.39 Å². The second kappa shape index (κ2) is 9.85. The number of thioether (sulfide) groups is 1. The minimum Gasteiger partial charge on any atom is -0.355 e. The van der Waals surface area contributed by atoms with E-state index in [9.17, 15) is 9.18 Å². The zero-order chi connectivity index (χ0) is 19.8. The summed E-state index contributed by atoms with van der Waals surface area (Å²) < 4.78 is 12.9. The summed E-state index contributed by atoms with van der Waals surface area (Å²) >= 11 is 1.29. The van der Waals surface area contributed by atoms with Crippen molar-refractivity contribution in [1.82, 2.24) is 20.5 Å². The second-order valence-electron chi connectivity index (χ2n) is 6.17. The van der Waals surface area contributed by atoms with Crippen LogP contribution >= 0.6 is 11.8 Å². The maximum atomic E-state index is 12.9. The predicted octanol–water partition coefficient (Wildman–Crippen LogP) is 3.95. The van der Waals surface area contributed by atoms with Crippen molar-refractivity contribution >= 4 is 29.8 Å². The Morgan fingerprint density at radius 2 is 1.93 bits per heavy atom. The molecule has 2 aromatic carbocycles. The lowest BCUT2D eigenvalue weighted by Crippen LogP contribution is -2.32. The lowest BCUT2D eigenvalue weighted by molar-refractivity contribution is -0.120. The van der Waals surface area contributed by atoms with Gasteiger partial charge in [-0.2, -0.15) is 0 Å². The monoisotopic (exact) mass is 396 g/mol. The van der Waals surface area contributed by atoms with Gasteiger partial charge in [0.15, 0.2) is 0 Å². The molecule has 0 fully saturated rings. The van der Waals surface area contributed by atoms with Crippen molar-refractivity contribution in [3.63, 3.8) is 0 Å². The molecule has 3 aromatic rings. The van der Waals surface area contributed by atoms with E-state index in [2.05, 4.69) is 20.5 Å². The largest absolute Gasteiger partial charge is 0.355 e. The molecule has 1 aromatic heterocycles. The first kappa shape index (κ1) is 19.8. The van der Waals surface area contributed by atoms with Gasteiger partial charge in [0, 0.05) is 6.54 Å². The summed E-state index contributed by atoms with van der Waals surface area (Å²) in [6, 6.07) is 16.2. The highest BCUT2D eigenvalue weighted by Crippen LogP contribution is 2.19. The zero-order valence-corrected chi connectivity index (χ0v) is 16.2. The highest BCUT2D eigenvalue weighted by molar-refractivity contribution is 8.00. The van der Waals surface area contributed by atoms with Gasteiger partial charge in [0.25, 0.3) is 0 Å². The van der Waals surface area contributed by atoms with E-state index >= 15 is 0 Å². The number of nitrogens with one attached hydrogen (secondary N) is 2. The number of carbonyl (C=O) groups is 1. The molecule has 7 heteroatoms. The Morgan fingerprint density at radius 3 is 2.68 bits per heavy atom. The molecule has 3 rings (SSSR count). The molecule has 5 nitrogen and oxygen atoms in total. The van der Waals surface area contributed by atoms with Gasteiger partial charge in [-0.3, -0.25) is 9.89 Å². The van der Waals surface area contributed by atoms with Gasteiger partial charge < -0.3 is 5.32 Å². The summed E-state index contributed by atoms with van der Waals surface area (Å²) in [7, 11) is 0. The molecule has 0 aliphatic carbocycles. The molecule has 1 atom stereocenters. The van der Waals surface area contributed by atoms with Crippen LogP contribution in [0.5, 0.6) is 0 Å². The van der Waals surface area contributed by atoms with E-state index in [0.29, 0.717) is 17.5 Å². The van der Waals surface area contributed by atoms with Crippen LogP contribution in [0.3, 0.4) is 0 Å². The Labute approximate surface area is 167 Å². The van der Waals surface area contributed by atoms with Crippen molar-refractivity contribution in [2.75, 3.05) is 6.54 Å². The molecule has 0 bridgehead atoms. The van der Waals surface area contributed by atoms with Crippen molar-refractivity contribution in [2.45, 2.75) is 23.8 Å². The molecule has 28 heavy (non-hydrogen) atoms. The number of benzene rings is 2. The van der Waals surface area contributed by atoms with E-state index in [1.807, 2.05) is 43.3 Å². The Morgan fingerprint density at radius 1 is 1.18 bits per heavy atom. The molecule has 0 radical (unpaired) electrons. The number of nitrogens with zero attached hydrogens (tertiary/aromatic N) is 2. The first-order valence-corrected chi connectivity index (χ1v) is 9.82. The fourth-order valence-electron chi connectivity index (χ4n) is 2.46. The van der Waals surface area contributed by atoms with Gasteiger partial charge in [-0.1, -0.05) is 60.3 Å². The van der Waals surface area contributed by atoms with Crippen molar-refractivity contribution in [2.24, 2.45) is 0 Å². The van der Waals surface area contributed by atoms with Crippen LogP contribution in [0, 0.1) is 5.82 Å². The van der Waals surface area contributed by atoms with Crippen LogP contribution in [0.1, 0.15) is 23.9 Å². The molecule has 1 unspecified atom stereocenters. The highest BCUT2D eigenvalue weighted by Gasteiger charge is 2.16. The van der Waals surface area contributed by atoms with Crippen LogP contribution in [0.25, 0.3) is 12.2 Å². The van der Waals surface area contributed by atoms with Crippen LogP contribution in [0.2, 0.25) is 0 Å². The Bertz CT molecular complexity index is 925. The van der Waals surface area contributed by atoms with Gasteiger partial charge in [0.1, 0.15) is 11.6 Å². The van der Waals surface area contributed by atoms with E-state index in [-0.39, 0.29) is 17.0 Å². The van der Waals surface area contributed by atoms with Crippen molar-refractivity contribution in [1.29, 1.82) is 0 Å². The zero-order valence-electron chi connectivity index (χ0n) is 15.4. The fourth-order valence-corrected chi connectivity index (χ4v) is 3.22. The van der Waals surface area contributed by atoms with Crippen LogP contribution < -0.4 is 5.32 Å². The SMILES string of the molecule is CC(Sc1n[nH]c(/C=C/c2ccc(F)cc2)n1)C(=O)NCCc1ccccc1. The Hall–Kier alpha value is -2.93. The van der Waals surface area contributed by atoms with Crippen LogP contribution in [0.15, 0.2) is 59.8 Å². The normalized spacial score (nSPS) is 12.2. The standard InChI is InChI=1S/C21H21FN4OS/c1-15(20(27)23-14-13-16-5-3-2-4-6-16)28-21-24-19(25-26-21)12-9-17-7-10-18(22)11-8-17/h2-12,15H,13-14H2,1H3,(H,23,27)(H,24,25,26)/b12-9+. The molecule has 1 heterocycles. The van der Waals surface area contributed by atoms with Crippen molar-refractivity contribution in [3.05, 3.63) is 77.4 Å². The summed E-state index contributed by atoms with van der Waals surface area (Å²) in [6.07, 6.45) is 4.37. The summed E-state index contributed by atoms with van der Waals surface area (Å²) in [4.78, 5) is 16.6. The summed E-state index contributed by atoms with van der Waals surface area (Å²) in [5.74, 6) is 0.254. The smallest absolute Gasteiger partial charge is 0.233 e. The van der Waals surface area contributed by atoms with E-state index in [4.69, 9.17) is 0 Å². The van der Waals surface area contributed by atoms with Crippen LogP contribution in [-0.2, 0) is 11.2 Å². The maximum Gasteiger partial charge on any atom is 0.233 e. The van der Waals surface area contributed by atoms with Crippen molar-refractivity contribution < 1.29 is 9.18 Å². The fraction of sp³-hybridized carbons (Fsp3) is 0.190. The lowest BCUT2D eigenvalue weighted by atomic mass is 10.1. The Balaban J connectivity index is 1.46. The quantitative estimate of drug-likeness (QED) is 0.566. The molecule has 1 amide bonds. The molecule has 2 N–H and O–H groups in total. The van der Waals surface area contributed by atoms with E-state index in [1.54, 1.807) is 18.2 Å². The lowest BCUT2D eigenvalue weighted by Gasteiger charge is -2.10. The van der Waals surface area contributed by atoms with Crippen LogP contribution in [-0.4, -0.2) is 32.9 Å². The third kappa shape index (κ3) is 6.06. The molecule has 0 spiro atoms. The topological polar surface area (TPSA) is 70.7 Å². The highest BCUT2D eigenvalue weighted by atomic mass is 32.2. The minimum atomic E-state index is -0.305. The van der Waals surface area contributed by atoms with Crippen molar-refractivity contribution in [3.8, 4) is 0 Å². The number of H-pyrrole nitrogens is 1. The third-order valence-electron chi connectivity index (χ3n) is 3.99. The Kier molecular flexibility index (Phi) is 6.97. The molecule has 144 valence electrons. The maximum absolute atomic E-state index is 12.9. The second-order valence-corrected chi connectivity index (χ2v) is 7.48. The van der Waals surface area contributed by atoms with E-state index in [0.717, 1.165) is 12.0 Å². The van der Waals surface area contributed by atoms with Gasteiger partial charge in [0.05, 0.1) is 5.25 Å². The van der Waals surface area contributed by atoms with Gasteiger partial charge in [-0.15, -0.1) is 5.10 Å². The van der Waals surface area contributed by atoms with Gasteiger partial charge >= 0.3 is 0 Å².